The van der Waals surface area contributed by atoms with Gasteiger partial charge in [0.05, 0.1) is 0 Å². The molecule has 1 aromatic heterocycles. The van der Waals surface area contributed by atoms with Crippen molar-refractivity contribution in [2.24, 2.45) is 5.73 Å². The molecule has 0 aliphatic rings. The molecule has 0 saturated carbocycles. The van der Waals surface area contributed by atoms with E-state index in [1.54, 1.807) is 0 Å². The summed E-state index contributed by atoms with van der Waals surface area (Å²) in [5.74, 6) is 0. The van der Waals surface area contributed by atoms with Crippen LogP contribution in [-0.2, 0) is 0 Å². The van der Waals surface area contributed by atoms with Gasteiger partial charge in [-0.05, 0) is 12.1 Å². The predicted octanol–water partition coefficient (Wildman–Crippen LogP) is 2.06. The molecule has 1 heterocycles. The third kappa shape index (κ3) is 3.19. The average molecular weight is 222 g/mol. The molecular weight excluding hydrogens is 213 g/mol. The topological polar surface area (TPSA) is 38.9 Å². The molecule has 0 saturated heterocycles. The van der Waals surface area contributed by atoms with Gasteiger partial charge in [0.15, 0.2) is 0 Å². The van der Waals surface area contributed by atoms with Crippen molar-refractivity contribution in [1.29, 1.82) is 0 Å². The number of halogens is 3. The van der Waals surface area contributed by atoms with Crippen LogP contribution >= 0.6 is 11.8 Å². The van der Waals surface area contributed by atoms with Crippen LogP contribution in [0, 0.1) is 0 Å². The highest BCUT2D eigenvalue weighted by atomic mass is 32.2. The summed E-state index contributed by atoms with van der Waals surface area (Å²) in [7, 11) is 0. The van der Waals surface area contributed by atoms with E-state index in [1.807, 2.05) is 0 Å². The molecule has 6 heteroatoms. The Hall–Kier alpha value is -0.750. The lowest BCUT2D eigenvalue weighted by Gasteiger charge is -2.17. The van der Waals surface area contributed by atoms with Crippen LogP contribution in [-0.4, -0.2) is 23.0 Å². The van der Waals surface area contributed by atoms with Crippen LogP contribution in [0.2, 0.25) is 0 Å². The second kappa shape index (κ2) is 4.65. The molecule has 1 unspecified atom stereocenters. The van der Waals surface area contributed by atoms with Crippen LogP contribution in [0.5, 0.6) is 0 Å². The number of nitrogens with two attached hydrogens (primary N) is 1. The van der Waals surface area contributed by atoms with Crippen LogP contribution < -0.4 is 5.73 Å². The van der Waals surface area contributed by atoms with Gasteiger partial charge in [-0.3, -0.25) is 4.98 Å². The summed E-state index contributed by atoms with van der Waals surface area (Å²) in [5, 5.41) is -1.55. The van der Waals surface area contributed by atoms with Gasteiger partial charge in [0.25, 0.3) is 0 Å². The number of hydrogen-bond acceptors (Lipinski definition) is 3. The van der Waals surface area contributed by atoms with E-state index in [0.717, 1.165) is 0 Å². The number of aromatic nitrogens is 1. The number of thioether (sulfide) groups is 1. The van der Waals surface area contributed by atoms with Crippen molar-refractivity contribution in [3.05, 3.63) is 24.5 Å². The standard InChI is InChI=1S/C8H9F3N2S/c9-8(10,11)7(5-12)14-6-1-3-13-4-2-6/h1-4,7H,5,12H2. The van der Waals surface area contributed by atoms with Crippen molar-refractivity contribution in [2.45, 2.75) is 16.3 Å². The van der Waals surface area contributed by atoms with Crippen molar-refractivity contribution in [3.63, 3.8) is 0 Å². The van der Waals surface area contributed by atoms with E-state index in [1.165, 1.54) is 24.5 Å². The molecule has 0 radical (unpaired) electrons. The Balaban J connectivity index is 2.67. The molecule has 14 heavy (non-hydrogen) atoms. The van der Waals surface area contributed by atoms with Gasteiger partial charge in [-0.1, -0.05) is 0 Å². The summed E-state index contributed by atoms with van der Waals surface area (Å²) in [6.07, 6.45) is -1.36. The van der Waals surface area contributed by atoms with Gasteiger partial charge in [-0.25, -0.2) is 0 Å². The molecule has 0 amide bonds. The molecule has 1 rings (SSSR count). The second-order valence-electron chi connectivity index (χ2n) is 2.57. The van der Waals surface area contributed by atoms with Gasteiger partial charge in [-0.2, -0.15) is 13.2 Å². The third-order valence-corrected chi connectivity index (χ3v) is 2.80. The van der Waals surface area contributed by atoms with Crippen molar-refractivity contribution >= 4 is 11.8 Å². The molecule has 0 aromatic carbocycles. The lowest BCUT2D eigenvalue weighted by atomic mass is 10.4. The first-order chi connectivity index (χ1) is 6.54. The van der Waals surface area contributed by atoms with Crippen molar-refractivity contribution in [1.82, 2.24) is 4.98 Å². The largest absolute Gasteiger partial charge is 0.402 e. The quantitative estimate of drug-likeness (QED) is 0.796. The summed E-state index contributed by atoms with van der Waals surface area (Å²) in [6.45, 7) is -0.420. The average Bonchev–Trinajstić information content (AvgIpc) is 2.14. The van der Waals surface area contributed by atoms with E-state index >= 15 is 0 Å². The van der Waals surface area contributed by atoms with E-state index in [2.05, 4.69) is 4.98 Å². The molecule has 0 aliphatic carbocycles. The maximum absolute atomic E-state index is 12.3. The monoisotopic (exact) mass is 222 g/mol. The minimum absolute atomic E-state index is 0.420. The number of hydrogen-bond donors (Lipinski definition) is 1. The minimum Gasteiger partial charge on any atom is -0.329 e. The van der Waals surface area contributed by atoms with Crippen LogP contribution in [0.4, 0.5) is 13.2 Å². The minimum atomic E-state index is -4.26. The zero-order valence-corrected chi connectivity index (χ0v) is 7.98. The molecule has 0 aliphatic heterocycles. The number of alkyl halides is 3. The highest BCUT2D eigenvalue weighted by Crippen LogP contribution is 2.33. The number of rotatable bonds is 3. The van der Waals surface area contributed by atoms with Gasteiger partial charge < -0.3 is 5.73 Å². The van der Waals surface area contributed by atoms with Crippen LogP contribution in [0.15, 0.2) is 29.4 Å². The predicted molar refractivity (Wildman–Crippen MR) is 49.0 cm³/mol. The Labute approximate surface area is 83.7 Å². The van der Waals surface area contributed by atoms with Gasteiger partial charge in [0.2, 0.25) is 0 Å². The lowest BCUT2D eigenvalue weighted by Crippen LogP contribution is -2.32. The maximum Gasteiger partial charge on any atom is 0.402 e. The molecule has 1 aromatic rings. The summed E-state index contributed by atoms with van der Waals surface area (Å²) in [5.41, 5.74) is 5.05. The third-order valence-electron chi connectivity index (χ3n) is 1.51. The zero-order valence-electron chi connectivity index (χ0n) is 7.16. The zero-order chi connectivity index (χ0) is 10.6. The first-order valence-corrected chi connectivity index (χ1v) is 4.75. The molecular formula is C8H9F3N2S. The van der Waals surface area contributed by atoms with E-state index in [9.17, 15) is 13.2 Å². The van der Waals surface area contributed by atoms with Crippen molar-refractivity contribution < 1.29 is 13.2 Å². The molecule has 0 bridgehead atoms. The van der Waals surface area contributed by atoms with Gasteiger partial charge in [0.1, 0.15) is 5.25 Å². The Morgan fingerprint density at radius 2 is 1.93 bits per heavy atom. The van der Waals surface area contributed by atoms with E-state index < -0.39 is 18.0 Å². The SMILES string of the molecule is NCC(Sc1ccncc1)C(F)(F)F. The second-order valence-corrected chi connectivity index (χ2v) is 3.84. The fourth-order valence-corrected chi connectivity index (χ4v) is 1.67. The molecule has 2 nitrogen and oxygen atoms in total. The fraction of sp³-hybridized carbons (Fsp3) is 0.375. The number of nitrogens with zero attached hydrogens (tertiary/aromatic N) is 1. The smallest absolute Gasteiger partial charge is 0.329 e. The fourth-order valence-electron chi connectivity index (χ4n) is 0.830. The Morgan fingerprint density at radius 3 is 2.36 bits per heavy atom. The summed E-state index contributed by atoms with van der Waals surface area (Å²) in [4.78, 5) is 4.24. The van der Waals surface area contributed by atoms with E-state index in [4.69, 9.17) is 5.73 Å². The van der Waals surface area contributed by atoms with Crippen LogP contribution in [0.1, 0.15) is 0 Å². The van der Waals surface area contributed by atoms with E-state index in [-0.39, 0.29) is 0 Å². The van der Waals surface area contributed by atoms with Crippen LogP contribution in [0.3, 0.4) is 0 Å². The highest BCUT2D eigenvalue weighted by Gasteiger charge is 2.39. The molecule has 78 valence electrons. The molecule has 0 spiro atoms. The molecule has 1 atom stereocenters. The van der Waals surface area contributed by atoms with Crippen LogP contribution in [0.25, 0.3) is 0 Å². The van der Waals surface area contributed by atoms with Gasteiger partial charge >= 0.3 is 6.18 Å². The summed E-state index contributed by atoms with van der Waals surface area (Å²) < 4.78 is 36.9. The Morgan fingerprint density at radius 1 is 1.36 bits per heavy atom. The Kier molecular flexibility index (Phi) is 3.77. The van der Waals surface area contributed by atoms with Crippen molar-refractivity contribution in [3.8, 4) is 0 Å². The van der Waals surface area contributed by atoms with Gasteiger partial charge in [-0.15, -0.1) is 11.8 Å². The first kappa shape index (κ1) is 11.3. The lowest BCUT2D eigenvalue weighted by molar-refractivity contribution is -0.126. The first-order valence-electron chi connectivity index (χ1n) is 3.87. The number of pyridine rings is 1. The molecule has 0 fully saturated rings. The molecule has 2 N–H and O–H groups in total. The highest BCUT2D eigenvalue weighted by molar-refractivity contribution is 8.00. The maximum atomic E-state index is 12.3. The van der Waals surface area contributed by atoms with Crippen molar-refractivity contribution in [2.75, 3.05) is 6.54 Å². The Bertz CT molecular complexity index is 276. The normalized spacial score (nSPS) is 14.0. The van der Waals surface area contributed by atoms with E-state index in [0.29, 0.717) is 16.7 Å². The summed E-state index contributed by atoms with van der Waals surface area (Å²) >= 11 is 0.706. The van der Waals surface area contributed by atoms with Gasteiger partial charge in [0, 0.05) is 23.8 Å². The summed E-state index contributed by atoms with van der Waals surface area (Å²) in [6, 6.07) is 3.05.